The number of rotatable bonds is 6. The van der Waals surface area contributed by atoms with Crippen LogP contribution in [0.1, 0.15) is 19.4 Å². The lowest BCUT2D eigenvalue weighted by atomic mass is 10.2. The van der Waals surface area contributed by atoms with Gasteiger partial charge in [0.05, 0.1) is 20.3 Å². The van der Waals surface area contributed by atoms with Crippen molar-refractivity contribution in [2.45, 2.75) is 20.4 Å². The average molecular weight is 210 g/mol. The highest BCUT2D eigenvalue weighted by atomic mass is 16.5. The van der Waals surface area contributed by atoms with Gasteiger partial charge in [-0.05, 0) is 32.0 Å². The highest BCUT2D eigenvalue weighted by molar-refractivity contribution is 5.42. The highest BCUT2D eigenvalue weighted by Gasteiger charge is 2.06. The lowest BCUT2D eigenvalue weighted by Crippen LogP contribution is -2.77. The van der Waals surface area contributed by atoms with Gasteiger partial charge in [-0.1, -0.05) is 0 Å². The fourth-order valence-electron chi connectivity index (χ4n) is 1.46. The van der Waals surface area contributed by atoms with Crippen molar-refractivity contribution in [3.8, 4) is 11.5 Å². The molecule has 0 spiro atoms. The van der Waals surface area contributed by atoms with E-state index in [2.05, 4.69) is 24.5 Å². The Morgan fingerprint density at radius 1 is 1.07 bits per heavy atom. The van der Waals surface area contributed by atoms with Crippen LogP contribution in [-0.4, -0.2) is 20.3 Å². The van der Waals surface area contributed by atoms with Crippen LogP contribution in [0.2, 0.25) is 0 Å². The molecule has 1 aromatic carbocycles. The van der Waals surface area contributed by atoms with Gasteiger partial charge in [-0.25, -0.2) is 0 Å². The number of nitrogens with two attached hydrogens (primary N) is 1. The van der Waals surface area contributed by atoms with E-state index in [0.29, 0.717) is 13.2 Å². The maximum atomic E-state index is 5.54. The summed E-state index contributed by atoms with van der Waals surface area (Å²) in [5.41, 5.74) is 1.25. The van der Waals surface area contributed by atoms with Crippen molar-refractivity contribution in [2.75, 3.05) is 20.3 Å². The van der Waals surface area contributed by atoms with E-state index in [1.807, 2.05) is 19.9 Å². The standard InChI is InChI=1S/C12H19NO2/c1-4-14-11-7-6-10(9-13-3)8-12(11)15-5-2/h6-8,13H,4-5,9H2,1-3H3/p+1. The predicted octanol–water partition coefficient (Wildman–Crippen LogP) is 1.18. The van der Waals surface area contributed by atoms with Gasteiger partial charge in [-0.2, -0.15) is 0 Å². The summed E-state index contributed by atoms with van der Waals surface area (Å²) < 4.78 is 11.0. The Morgan fingerprint density at radius 2 is 1.73 bits per heavy atom. The van der Waals surface area contributed by atoms with Crippen LogP contribution in [-0.2, 0) is 6.54 Å². The van der Waals surface area contributed by atoms with Crippen LogP contribution < -0.4 is 14.8 Å². The number of ether oxygens (including phenoxy) is 2. The Bertz CT molecular complexity index is 300. The zero-order chi connectivity index (χ0) is 11.1. The van der Waals surface area contributed by atoms with Crippen LogP contribution in [0.3, 0.4) is 0 Å². The van der Waals surface area contributed by atoms with Gasteiger partial charge in [0.25, 0.3) is 0 Å². The van der Waals surface area contributed by atoms with E-state index < -0.39 is 0 Å². The summed E-state index contributed by atoms with van der Waals surface area (Å²) in [6, 6.07) is 6.11. The van der Waals surface area contributed by atoms with Crippen LogP contribution in [0.25, 0.3) is 0 Å². The summed E-state index contributed by atoms with van der Waals surface area (Å²) >= 11 is 0. The minimum Gasteiger partial charge on any atom is -0.490 e. The van der Waals surface area contributed by atoms with Gasteiger partial charge >= 0.3 is 0 Å². The molecule has 0 bridgehead atoms. The molecule has 0 aliphatic rings. The normalized spacial score (nSPS) is 10.1. The van der Waals surface area contributed by atoms with Crippen molar-refractivity contribution in [1.29, 1.82) is 0 Å². The van der Waals surface area contributed by atoms with Crippen molar-refractivity contribution < 1.29 is 14.8 Å². The zero-order valence-electron chi connectivity index (χ0n) is 9.75. The van der Waals surface area contributed by atoms with Gasteiger partial charge < -0.3 is 14.8 Å². The zero-order valence-corrected chi connectivity index (χ0v) is 9.75. The van der Waals surface area contributed by atoms with Gasteiger partial charge in [0, 0.05) is 5.56 Å². The van der Waals surface area contributed by atoms with Gasteiger partial charge in [-0.3, -0.25) is 0 Å². The van der Waals surface area contributed by atoms with E-state index in [-0.39, 0.29) is 0 Å². The quantitative estimate of drug-likeness (QED) is 0.765. The van der Waals surface area contributed by atoms with Crippen molar-refractivity contribution >= 4 is 0 Å². The molecule has 0 fully saturated rings. The van der Waals surface area contributed by atoms with Crippen LogP contribution in [0.5, 0.6) is 11.5 Å². The molecule has 0 atom stereocenters. The number of quaternary nitrogens is 1. The molecule has 0 unspecified atom stereocenters. The molecular weight excluding hydrogens is 190 g/mol. The van der Waals surface area contributed by atoms with E-state index >= 15 is 0 Å². The van der Waals surface area contributed by atoms with Crippen LogP contribution in [0, 0.1) is 0 Å². The molecule has 15 heavy (non-hydrogen) atoms. The van der Waals surface area contributed by atoms with Gasteiger partial charge in [0.1, 0.15) is 6.54 Å². The first kappa shape index (κ1) is 11.9. The Kier molecular flexibility index (Phi) is 4.98. The second-order valence-corrected chi connectivity index (χ2v) is 3.26. The first-order chi connectivity index (χ1) is 7.31. The summed E-state index contributed by atoms with van der Waals surface area (Å²) in [5, 5.41) is 2.13. The second-order valence-electron chi connectivity index (χ2n) is 3.26. The summed E-state index contributed by atoms with van der Waals surface area (Å²) in [6.07, 6.45) is 0. The average Bonchev–Trinajstić information content (AvgIpc) is 2.23. The smallest absolute Gasteiger partial charge is 0.161 e. The minimum atomic E-state index is 0.666. The number of benzene rings is 1. The van der Waals surface area contributed by atoms with E-state index in [0.717, 1.165) is 18.0 Å². The molecule has 0 radical (unpaired) electrons. The third-order valence-corrected chi connectivity index (χ3v) is 2.05. The first-order valence-corrected chi connectivity index (χ1v) is 5.48. The minimum absolute atomic E-state index is 0.666. The fourth-order valence-corrected chi connectivity index (χ4v) is 1.46. The lowest BCUT2D eigenvalue weighted by molar-refractivity contribution is -0.643. The van der Waals surface area contributed by atoms with Crippen LogP contribution in [0.4, 0.5) is 0 Å². The van der Waals surface area contributed by atoms with Gasteiger partial charge in [0.2, 0.25) is 0 Å². The largest absolute Gasteiger partial charge is 0.490 e. The molecule has 2 N–H and O–H groups in total. The summed E-state index contributed by atoms with van der Waals surface area (Å²) in [5.74, 6) is 1.68. The topological polar surface area (TPSA) is 35.1 Å². The summed E-state index contributed by atoms with van der Waals surface area (Å²) in [6.45, 7) is 6.25. The first-order valence-electron chi connectivity index (χ1n) is 5.48. The monoisotopic (exact) mass is 210 g/mol. The molecule has 0 saturated heterocycles. The van der Waals surface area contributed by atoms with Gasteiger partial charge in [-0.15, -0.1) is 0 Å². The number of hydrogen-bond donors (Lipinski definition) is 1. The van der Waals surface area contributed by atoms with Crippen molar-refractivity contribution in [2.24, 2.45) is 0 Å². The van der Waals surface area contributed by atoms with Crippen LogP contribution >= 0.6 is 0 Å². The fraction of sp³-hybridized carbons (Fsp3) is 0.500. The van der Waals surface area contributed by atoms with Crippen molar-refractivity contribution in [3.63, 3.8) is 0 Å². The molecule has 1 aromatic rings. The molecule has 0 amide bonds. The summed E-state index contributed by atoms with van der Waals surface area (Å²) in [4.78, 5) is 0. The Hall–Kier alpha value is -1.22. The van der Waals surface area contributed by atoms with E-state index in [4.69, 9.17) is 9.47 Å². The highest BCUT2D eigenvalue weighted by Crippen LogP contribution is 2.28. The van der Waals surface area contributed by atoms with Crippen molar-refractivity contribution in [3.05, 3.63) is 23.8 Å². The molecule has 3 nitrogen and oxygen atoms in total. The molecule has 0 saturated carbocycles. The molecule has 0 aliphatic heterocycles. The SMILES string of the molecule is CCOc1ccc(C[NH2+]C)cc1OCC. The maximum Gasteiger partial charge on any atom is 0.161 e. The van der Waals surface area contributed by atoms with Crippen molar-refractivity contribution in [1.82, 2.24) is 0 Å². The number of hydrogen-bond acceptors (Lipinski definition) is 2. The molecular formula is C12H20NO2+. The Balaban J connectivity index is 2.87. The maximum absolute atomic E-state index is 5.54. The molecule has 0 aromatic heterocycles. The molecule has 3 heteroatoms. The molecule has 1 rings (SSSR count). The third kappa shape index (κ3) is 3.44. The third-order valence-electron chi connectivity index (χ3n) is 2.05. The summed E-state index contributed by atoms with van der Waals surface area (Å²) in [7, 11) is 2.05. The molecule has 0 heterocycles. The second kappa shape index (κ2) is 6.30. The molecule has 0 aliphatic carbocycles. The van der Waals surface area contributed by atoms with E-state index in [9.17, 15) is 0 Å². The lowest BCUT2D eigenvalue weighted by Gasteiger charge is -2.11. The van der Waals surface area contributed by atoms with Gasteiger partial charge in [0.15, 0.2) is 11.5 Å². The Labute approximate surface area is 91.4 Å². The van der Waals surface area contributed by atoms with E-state index in [1.54, 1.807) is 0 Å². The molecule has 84 valence electrons. The predicted molar refractivity (Wildman–Crippen MR) is 60.3 cm³/mol. The van der Waals surface area contributed by atoms with Crippen LogP contribution in [0.15, 0.2) is 18.2 Å². The van der Waals surface area contributed by atoms with E-state index in [1.165, 1.54) is 5.56 Å². The Morgan fingerprint density at radius 3 is 2.33 bits per heavy atom.